The quantitative estimate of drug-likeness (QED) is 0.874. The average Bonchev–Trinajstić information content (AvgIpc) is 3.09. The van der Waals surface area contributed by atoms with Crippen LogP contribution >= 0.6 is 11.3 Å². The van der Waals surface area contributed by atoms with Gasteiger partial charge in [-0.05, 0) is 24.3 Å². The summed E-state index contributed by atoms with van der Waals surface area (Å²) in [5.41, 5.74) is 9.48. The number of thiophene rings is 1. The Morgan fingerprint density at radius 1 is 1.41 bits per heavy atom. The lowest BCUT2D eigenvalue weighted by molar-refractivity contribution is 0.684. The molecular weight excluding hydrogens is 230 g/mol. The van der Waals surface area contributed by atoms with E-state index >= 15 is 0 Å². The van der Waals surface area contributed by atoms with Crippen LogP contribution in [0.5, 0.6) is 0 Å². The molecule has 3 N–H and O–H groups in total. The third-order valence-corrected chi connectivity index (χ3v) is 4.50. The van der Waals surface area contributed by atoms with Gasteiger partial charge in [0.1, 0.15) is 5.69 Å². The number of rotatable bonds is 3. The van der Waals surface area contributed by atoms with Gasteiger partial charge in [-0.25, -0.2) is 0 Å². The van der Waals surface area contributed by atoms with Crippen LogP contribution < -0.4 is 5.73 Å². The molecule has 0 amide bonds. The van der Waals surface area contributed by atoms with Crippen molar-refractivity contribution < 1.29 is 0 Å². The highest BCUT2D eigenvalue weighted by molar-refractivity contribution is 7.13. The first-order valence-corrected chi connectivity index (χ1v) is 7.09. The average molecular weight is 247 g/mol. The number of hydrogen-bond acceptors (Lipinski definition) is 3. The third-order valence-electron chi connectivity index (χ3n) is 3.62. The second-order valence-corrected chi connectivity index (χ2v) is 5.57. The number of H-pyrrole nitrogens is 1. The van der Waals surface area contributed by atoms with Crippen LogP contribution in [0.2, 0.25) is 0 Å². The minimum absolute atomic E-state index is 0.579. The van der Waals surface area contributed by atoms with Crippen molar-refractivity contribution in [1.82, 2.24) is 10.2 Å². The second-order valence-electron chi connectivity index (χ2n) is 4.63. The van der Waals surface area contributed by atoms with E-state index in [1.807, 2.05) is 0 Å². The Labute approximate surface area is 105 Å². The molecule has 4 heteroatoms. The minimum atomic E-state index is 0.579. The van der Waals surface area contributed by atoms with Gasteiger partial charge in [0.05, 0.1) is 4.88 Å². The van der Waals surface area contributed by atoms with Crippen molar-refractivity contribution in [1.29, 1.82) is 0 Å². The first-order chi connectivity index (χ1) is 8.40. The molecule has 2 aromatic rings. The van der Waals surface area contributed by atoms with E-state index in [0.717, 1.165) is 5.69 Å². The molecule has 2 aromatic heterocycles. The molecule has 1 aliphatic rings. The van der Waals surface area contributed by atoms with Crippen LogP contribution in [0.4, 0.5) is 0 Å². The lowest BCUT2D eigenvalue weighted by Crippen LogP contribution is -2.03. The molecule has 2 heterocycles. The standard InChI is InChI=1S/C13H17N3S/c14-8-10-12(9-4-1-2-5-9)15-16-13(10)11-6-3-7-17-11/h3,6-7,9H,1-2,4-5,8,14H2,(H,15,16). The molecule has 1 fully saturated rings. The van der Waals surface area contributed by atoms with Crippen molar-refractivity contribution in [3.63, 3.8) is 0 Å². The van der Waals surface area contributed by atoms with Crippen molar-refractivity contribution in [2.75, 3.05) is 0 Å². The number of nitrogens with two attached hydrogens (primary N) is 1. The molecule has 17 heavy (non-hydrogen) atoms. The van der Waals surface area contributed by atoms with Crippen molar-refractivity contribution >= 4 is 11.3 Å². The Hall–Kier alpha value is -1.13. The number of aromatic amines is 1. The summed E-state index contributed by atoms with van der Waals surface area (Å²) in [4.78, 5) is 1.21. The number of aromatic nitrogens is 2. The predicted octanol–water partition coefficient (Wildman–Crippen LogP) is 3.25. The van der Waals surface area contributed by atoms with Gasteiger partial charge in [-0.2, -0.15) is 5.10 Å². The fraction of sp³-hybridized carbons (Fsp3) is 0.462. The molecule has 90 valence electrons. The largest absolute Gasteiger partial charge is 0.326 e. The van der Waals surface area contributed by atoms with E-state index in [-0.39, 0.29) is 0 Å². The second kappa shape index (κ2) is 4.63. The summed E-state index contributed by atoms with van der Waals surface area (Å²) < 4.78 is 0. The Morgan fingerprint density at radius 2 is 2.24 bits per heavy atom. The normalized spacial score (nSPS) is 16.8. The van der Waals surface area contributed by atoms with E-state index in [1.165, 1.54) is 41.8 Å². The zero-order valence-electron chi connectivity index (χ0n) is 9.78. The topological polar surface area (TPSA) is 54.7 Å². The predicted molar refractivity (Wildman–Crippen MR) is 71.0 cm³/mol. The summed E-state index contributed by atoms with van der Waals surface area (Å²) in [6.45, 7) is 0.579. The highest BCUT2D eigenvalue weighted by atomic mass is 32.1. The van der Waals surface area contributed by atoms with Gasteiger partial charge in [0.25, 0.3) is 0 Å². The first-order valence-electron chi connectivity index (χ1n) is 6.21. The lowest BCUT2D eigenvalue weighted by atomic mass is 9.98. The summed E-state index contributed by atoms with van der Waals surface area (Å²) in [7, 11) is 0. The van der Waals surface area contributed by atoms with Crippen molar-refractivity contribution in [2.24, 2.45) is 5.73 Å². The van der Waals surface area contributed by atoms with Crippen molar-refractivity contribution in [2.45, 2.75) is 38.1 Å². The zero-order chi connectivity index (χ0) is 11.7. The molecule has 0 aromatic carbocycles. The highest BCUT2D eigenvalue weighted by Gasteiger charge is 2.24. The third kappa shape index (κ3) is 1.91. The van der Waals surface area contributed by atoms with Gasteiger partial charge < -0.3 is 5.73 Å². The fourth-order valence-electron chi connectivity index (χ4n) is 2.75. The molecular formula is C13H17N3S. The van der Waals surface area contributed by atoms with E-state index in [0.29, 0.717) is 12.5 Å². The molecule has 0 radical (unpaired) electrons. The molecule has 0 spiro atoms. The van der Waals surface area contributed by atoms with E-state index in [1.54, 1.807) is 11.3 Å². The van der Waals surface area contributed by atoms with Gasteiger partial charge in [0.2, 0.25) is 0 Å². The van der Waals surface area contributed by atoms with E-state index < -0.39 is 0 Å². The maximum atomic E-state index is 5.91. The molecule has 0 saturated heterocycles. The van der Waals surface area contributed by atoms with Gasteiger partial charge in [-0.3, -0.25) is 5.10 Å². The highest BCUT2D eigenvalue weighted by Crippen LogP contribution is 2.38. The molecule has 1 saturated carbocycles. The van der Waals surface area contributed by atoms with Crippen LogP contribution in [-0.4, -0.2) is 10.2 Å². The summed E-state index contributed by atoms with van der Waals surface area (Å²) >= 11 is 1.72. The summed E-state index contributed by atoms with van der Waals surface area (Å²) in [5.74, 6) is 0.648. The van der Waals surface area contributed by atoms with E-state index in [9.17, 15) is 0 Å². The van der Waals surface area contributed by atoms with Gasteiger partial charge in [0.15, 0.2) is 0 Å². The van der Waals surface area contributed by atoms with Crippen LogP contribution in [0.3, 0.4) is 0 Å². The molecule has 1 aliphatic carbocycles. The van der Waals surface area contributed by atoms with Gasteiger partial charge >= 0.3 is 0 Å². The molecule has 0 unspecified atom stereocenters. The number of nitrogens with zero attached hydrogens (tertiary/aromatic N) is 1. The summed E-state index contributed by atoms with van der Waals surface area (Å²) in [6, 6.07) is 4.17. The SMILES string of the molecule is NCc1c(-c2cccs2)n[nH]c1C1CCCC1. The summed E-state index contributed by atoms with van der Waals surface area (Å²) in [6.07, 6.45) is 5.22. The maximum Gasteiger partial charge on any atom is 0.107 e. The maximum absolute atomic E-state index is 5.91. The Kier molecular flexibility index (Phi) is 2.99. The van der Waals surface area contributed by atoms with Crippen LogP contribution in [0, 0.1) is 0 Å². The summed E-state index contributed by atoms with van der Waals surface area (Å²) in [5, 5.41) is 9.79. The Bertz CT molecular complexity index is 481. The first kappa shape index (κ1) is 11.0. The van der Waals surface area contributed by atoms with Crippen molar-refractivity contribution in [3.05, 3.63) is 28.8 Å². The van der Waals surface area contributed by atoms with Gasteiger partial charge in [-0.15, -0.1) is 11.3 Å². The van der Waals surface area contributed by atoms with Crippen LogP contribution in [0.1, 0.15) is 42.9 Å². The number of nitrogens with one attached hydrogen (secondary N) is 1. The molecule has 3 rings (SSSR count). The van der Waals surface area contributed by atoms with Gasteiger partial charge in [-0.1, -0.05) is 18.9 Å². The Morgan fingerprint density at radius 3 is 2.88 bits per heavy atom. The van der Waals surface area contributed by atoms with Crippen LogP contribution in [0.25, 0.3) is 10.6 Å². The van der Waals surface area contributed by atoms with E-state index in [4.69, 9.17) is 5.73 Å². The minimum Gasteiger partial charge on any atom is -0.326 e. The zero-order valence-corrected chi connectivity index (χ0v) is 10.6. The smallest absolute Gasteiger partial charge is 0.107 e. The number of hydrogen-bond donors (Lipinski definition) is 2. The Balaban J connectivity index is 2.00. The molecule has 0 aliphatic heterocycles. The van der Waals surface area contributed by atoms with Crippen LogP contribution in [0.15, 0.2) is 17.5 Å². The van der Waals surface area contributed by atoms with Crippen LogP contribution in [-0.2, 0) is 6.54 Å². The molecule has 0 atom stereocenters. The lowest BCUT2D eigenvalue weighted by Gasteiger charge is -2.08. The molecule has 0 bridgehead atoms. The van der Waals surface area contributed by atoms with E-state index in [2.05, 4.69) is 27.7 Å². The fourth-order valence-corrected chi connectivity index (χ4v) is 3.50. The van der Waals surface area contributed by atoms with Crippen molar-refractivity contribution in [3.8, 4) is 10.6 Å². The monoisotopic (exact) mass is 247 g/mol. The molecule has 3 nitrogen and oxygen atoms in total. The van der Waals surface area contributed by atoms with Gasteiger partial charge in [0, 0.05) is 23.7 Å².